The second-order valence-electron chi connectivity index (χ2n) is 6.46. The van der Waals surface area contributed by atoms with Gasteiger partial charge in [-0.25, -0.2) is 0 Å². The summed E-state index contributed by atoms with van der Waals surface area (Å²) < 4.78 is 0. The first-order chi connectivity index (χ1) is 10.8. The van der Waals surface area contributed by atoms with E-state index >= 15 is 0 Å². The van der Waals surface area contributed by atoms with E-state index in [2.05, 4.69) is 35.4 Å². The Hall–Kier alpha value is -1.06. The molecule has 0 aromatic carbocycles. The predicted molar refractivity (Wildman–Crippen MR) is 94.5 cm³/mol. The molecule has 120 valence electrons. The summed E-state index contributed by atoms with van der Waals surface area (Å²) >= 11 is 1.87. The lowest BCUT2D eigenvalue weighted by molar-refractivity contribution is 0.179. The van der Waals surface area contributed by atoms with Crippen molar-refractivity contribution in [2.24, 2.45) is 0 Å². The maximum Gasteiger partial charge on any atom is 0.0960 e. The van der Waals surface area contributed by atoms with E-state index in [1.54, 1.807) is 0 Å². The Morgan fingerprint density at radius 3 is 3.00 bits per heavy atom. The fourth-order valence-electron chi connectivity index (χ4n) is 3.81. The van der Waals surface area contributed by atoms with E-state index in [1.165, 1.54) is 41.8 Å². The molecule has 1 heterocycles. The average Bonchev–Trinajstić information content (AvgIpc) is 3.05. The van der Waals surface area contributed by atoms with E-state index in [1.807, 2.05) is 11.3 Å². The van der Waals surface area contributed by atoms with Gasteiger partial charge in [-0.1, -0.05) is 19.1 Å². The van der Waals surface area contributed by atoms with Gasteiger partial charge in [0.15, 0.2) is 0 Å². The molecular formula is C19H27NOS. The van der Waals surface area contributed by atoms with Gasteiger partial charge in [0.05, 0.1) is 5.76 Å². The number of fused-ring (bicyclic) bond motifs is 1. The zero-order valence-corrected chi connectivity index (χ0v) is 14.4. The second-order valence-corrected chi connectivity index (χ2v) is 7.49. The topological polar surface area (TPSA) is 23.5 Å². The first kappa shape index (κ1) is 15.8. The van der Waals surface area contributed by atoms with Crippen molar-refractivity contribution < 1.29 is 5.11 Å². The Balaban J connectivity index is 1.63. The van der Waals surface area contributed by atoms with Crippen LogP contribution < -0.4 is 0 Å². The number of allylic oxidation sites excluding steroid dienone is 3. The summed E-state index contributed by atoms with van der Waals surface area (Å²) in [6.45, 7) is 4.63. The number of nitrogens with zero attached hydrogens (tertiary/aromatic N) is 1. The average molecular weight is 317 g/mol. The lowest BCUT2D eigenvalue weighted by Gasteiger charge is -2.37. The Bertz CT molecular complexity index is 544. The van der Waals surface area contributed by atoms with Crippen molar-refractivity contribution in [3.05, 3.63) is 45.4 Å². The van der Waals surface area contributed by atoms with Gasteiger partial charge in [-0.3, -0.25) is 4.90 Å². The molecule has 0 radical (unpaired) electrons. The third kappa shape index (κ3) is 3.64. The molecule has 1 aromatic heterocycles. The molecular weight excluding hydrogens is 290 g/mol. The second kappa shape index (κ2) is 7.47. The van der Waals surface area contributed by atoms with Crippen molar-refractivity contribution >= 4 is 11.3 Å². The largest absolute Gasteiger partial charge is 0.512 e. The summed E-state index contributed by atoms with van der Waals surface area (Å²) in [5.74, 6) is 0.663. The molecule has 3 heteroatoms. The molecule has 1 unspecified atom stereocenters. The highest BCUT2D eigenvalue weighted by atomic mass is 32.1. The van der Waals surface area contributed by atoms with Crippen LogP contribution in [0.4, 0.5) is 0 Å². The molecule has 1 saturated carbocycles. The van der Waals surface area contributed by atoms with Gasteiger partial charge in [-0.15, -0.1) is 11.3 Å². The van der Waals surface area contributed by atoms with Crippen LogP contribution in [0.2, 0.25) is 0 Å². The number of hydrogen-bond donors (Lipinski definition) is 1. The molecule has 1 fully saturated rings. The standard InChI is InChI=1S/C19H27NOS/c1-2-11-20(12-10-17-6-4-13-22-17)16-8-9-18-15(14-16)5-3-7-19(18)21/h4-6,13,16,21H,2-3,7-12,14H2,1H3. The van der Waals surface area contributed by atoms with Crippen LogP contribution in [0.25, 0.3) is 0 Å². The van der Waals surface area contributed by atoms with Gasteiger partial charge in [-0.2, -0.15) is 0 Å². The fourth-order valence-corrected chi connectivity index (χ4v) is 4.50. The van der Waals surface area contributed by atoms with Crippen molar-refractivity contribution in [2.75, 3.05) is 13.1 Å². The zero-order valence-electron chi connectivity index (χ0n) is 13.6. The van der Waals surface area contributed by atoms with Gasteiger partial charge in [0, 0.05) is 23.9 Å². The quantitative estimate of drug-likeness (QED) is 0.790. The summed E-state index contributed by atoms with van der Waals surface area (Å²) in [5, 5.41) is 12.3. The van der Waals surface area contributed by atoms with Gasteiger partial charge in [0.25, 0.3) is 0 Å². The minimum Gasteiger partial charge on any atom is -0.512 e. The lowest BCUT2D eigenvalue weighted by atomic mass is 9.81. The molecule has 1 atom stereocenters. The number of aliphatic hydroxyl groups is 1. The molecule has 0 amide bonds. The predicted octanol–water partition coefficient (Wildman–Crippen LogP) is 5.09. The van der Waals surface area contributed by atoms with Crippen LogP contribution >= 0.6 is 11.3 Å². The third-order valence-electron chi connectivity index (χ3n) is 4.94. The summed E-state index contributed by atoms with van der Waals surface area (Å²) in [5.41, 5.74) is 2.69. The Morgan fingerprint density at radius 1 is 1.32 bits per heavy atom. The van der Waals surface area contributed by atoms with Crippen LogP contribution in [-0.2, 0) is 6.42 Å². The van der Waals surface area contributed by atoms with E-state index < -0.39 is 0 Å². The Kier molecular flexibility index (Phi) is 5.37. The molecule has 2 aliphatic rings. The molecule has 0 bridgehead atoms. The van der Waals surface area contributed by atoms with Gasteiger partial charge in [0.2, 0.25) is 0 Å². The van der Waals surface area contributed by atoms with Gasteiger partial charge >= 0.3 is 0 Å². The van der Waals surface area contributed by atoms with Crippen LogP contribution in [0.1, 0.15) is 50.3 Å². The highest BCUT2D eigenvalue weighted by molar-refractivity contribution is 7.09. The van der Waals surface area contributed by atoms with Crippen LogP contribution in [0.5, 0.6) is 0 Å². The smallest absolute Gasteiger partial charge is 0.0960 e. The first-order valence-electron chi connectivity index (χ1n) is 8.64. The van der Waals surface area contributed by atoms with E-state index in [4.69, 9.17) is 0 Å². The summed E-state index contributed by atoms with van der Waals surface area (Å²) in [6, 6.07) is 5.05. The monoisotopic (exact) mass is 317 g/mol. The highest BCUT2D eigenvalue weighted by Crippen LogP contribution is 2.37. The van der Waals surface area contributed by atoms with Crippen molar-refractivity contribution in [3.8, 4) is 0 Å². The van der Waals surface area contributed by atoms with Crippen LogP contribution in [0.3, 0.4) is 0 Å². The van der Waals surface area contributed by atoms with E-state index in [9.17, 15) is 5.11 Å². The van der Waals surface area contributed by atoms with Crippen molar-refractivity contribution in [2.45, 2.75) is 57.9 Å². The molecule has 2 nitrogen and oxygen atoms in total. The van der Waals surface area contributed by atoms with E-state index in [0.717, 1.165) is 32.2 Å². The lowest BCUT2D eigenvalue weighted by Crippen LogP contribution is -2.39. The minimum absolute atomic E-state index is 0.654. The van der Waals surface area contributed by atoms with Crippen LogP contribution in [0.15, 0.2) is 40.5 Å². The maximum atomic E-state index is 10.1. The van der Waals surface area contributed by atoms with E-state index in [0.29, 0.717) is 11.8 Å². The number of aliphatic hydroxyl groups excluding tert-OH is 1. The highest BCUT2D eigenvalue weighted by Gasteiger charge is 2.28. The summed E-state index contributed by atoms with van der Waals surface area (Å²) in [6.07, 6.45) is 9.99. The summed E-state index contributed by atoms with van der Waals surface area (Å²) in [7, 11) is 0. The normalized spacial score (nSPS) is 21.9. The molecule has 0 aliphatic heterocycles. The van der Waals surface area contributed by atoms with Crippen molar-refractivity contribution in [1.82, 2.24) is 4.90 Å². The summed E-state index contributed by atoms with van der Waals surface area (Å²) in [4.78, 5) is 4.18. The number of rotatable bonds is 6. The van der Waals surface area contributed by atoms with Gasteiger partial charge in [-0.05, 0) is 67.7 Å². The molecule has 3 rings (SSSR count). The van der Waals surface area contributed by atoms with Gasteiger partial charge in [0.1, 0.15) is 0 Å². The fraction of sp³-hybridized carbons (Fsp3) is 0.579. The van der Waals surface area contributed by atoms with Gasteiger partial charge < -0.3 is 5.11 Å². The number of hydrogen-bond acceptors (Lipinski definition) is 3. The van der Waals surface area contributed by atoms with E-state index in [-0.39, 0.29) is 0 Å². The minimum atomic E-state index is 0.654. The Morgan fingerprint density at radius 2 is 2.23 bits per heavy atom. The van der Waals surface area contributed by atoms with Crippen LogP contribution in [-0.4, -0.2) is 29.1 Å². The zero-order chi connectivity index (χ0) is 15.4. The Labute approximate surface area is 138 Å². The first-order valence-corrected chi connectivity index (χ1v) is 9.52. The maximum absolute atomic E-state index is 10.1. The molecule has 0 saturated heterocycles. The molecule has 1 aromatic rings. The van der Waals surface area contributed by atoms with Crippen molar-refractivity contribution in [1.29, 1.82) is 0 Å². The third-order valence-corrected chi connectivity index (χ3v) is 5.88. The number of thiophene rings is 1. The SMILES string of the molecule is CCCN(CCc1cccs1)C1CCC2=C(O)CCC=C2C1. The molecule has 1 N–H and O–H groups in total. The molecule has 2 aliphatic carbocycles. The molecule has 0 spiro atoms. The van der Waals surface area contributed by atoms with Crippen molar-refractivity contribution in [3.63, 3.8) is 0 Å². The van der Waals surface area contributed by atoms with Crippen LogP contribution in [0, 0.1) is 0 Å². The molecule has 22 heavy (non-hydrogen) atoms.